The fourth-order valence-corrected chi connectivity index (χ4v) is 4.11. The van der Waals surface area contributed by atoms with E-state index in [9.17, 15) is 0 Å². The standard InChI is InChI=1S/C21H27N5/c1-13-6-4-8-16-17(12-23-18(13)16)19-14(2)11-24-20(26-19)25-15-7-5-9-21(3,22)10-15/h4,6,8,11-12,15,23H,5,7,9-10,22H2,1-3H3,(H,24,25,26)/t15-,21+/m1/s1. The Balaban J connectivity index is 1.67. The molecule has 3 aromatic rings. The number of nitrogens with zero attached hydrogens (tertiary/aromatic N) is 2. The van der Waals surface area contributed by atoms with Gasteiger partial charge < -0.3 is 16.0 Å². The van der Waals surface area contributed by atoms with Gasteiger partial charge in [0.15, 0.2) is 0 Å². The van der Waals surface area contributed by atoms with Crippen LogP contribution in [0.25, 0.3) is 22.2 Å². The molecule has 0 bridgehead atoms. The van der Waals surface area contributed by atoms with E-state index in [1.54, 1.807) is 0 Å². The third-order valence-corrected chi connectivity index (χ3v) is 5.50. The number of para-hydroxylation sites is 1. The number of aryl methyl sites for hydroxylation is 2. The van der Waals surface area contributed by atoms with Crippen molar-refractivity contribution in [3.63, 3.8) is 0 Å². The van der Waals surface area contributed by atoms with Gasteiger partial charge in [-0.1, -0.05) is 18.2 Å². The maximum atomic E-state index is 6.34. The monoisotopic (exact) mass is 349 g/mol. The van der Waals surface area contributed by atoms with Crippen molar-refractivity contribution in [1.82, 2.24) is 15.0 Å². The molecule has 4 N–H and O–H groups in total. The molecule has 136 valence electrons. The summed E-state index contributed by atoms with van der Waals surface area (Å²) in [6, 6.07) is 6.69. The van der Waals surface area contributed by atoms with Crippen LogP contribution in [0.15, 0.2) is 30.6 Å². The van der Waals surface area contributed by atoms with Crippen molar-refractivity contribution in [2.45, 2.75) is 58.0 Å². The molecule has 1 aromatic carbocycles. The summed E-state index contributed by atoms with van der Waals surface area (Å²) in [4.78, 5) is 12.8. The van der Waals surface area contributed by atoms with Crippen LogP contribution in [0.1, 0.15) is 43.7 Å². The van der Waals surface area contributed by atoms with Crippen LogP contribution in [0.3, 0.4) is 0 Å². The molecule has 0 radical (unpaired) electrons. The number of hydrogen-bond acceptors (Lipinski definition) is 4. The Labute approximate surface area is 154 Å². The number of benzene rings is 1. The smallest absolute Gasteiger partial charge is 0.223 e. The molecule has 2 heterocycles. The summed E-state index contributed by atoms with van der Waals surface area (Å²) in [5, 5.41) is 4.71. The summed E-state index contributed by atoms with van der Waals surface area (Å²) in [6.45, 7) is 6.32. The summed E-state index contributed by atoms with van der Waals surface area (Å²) in [7, 11) is 0. The summed E-state index contributed by atoms with van der Waals surface area (Å²) < 4.78 is 0. The van der Waals surface area contributed by atoms with Gasteiger partial charge in [0.2, 0.25) is 5.95 Å². The molecule has 26 heavy (non-hydrogen) atoms. The quantitative estimate of drug-likeness (QED) is 0.658. The van der Waals surface area contributed by atoms with E-state index in [-0.39, 0.29) is 5.54 Å². The highest BCUT2D eigenvalue weighted by atomic mass is 15.1. The molecule has 0 saturated heterocycles. The summed E-state index contributed by atoms with van der Waals surface area (Å²) in [5.41, 5.74) is 11.8. The van der Waals surface area contributed by atoms with Crippen molar-refractivity contribution in [2.24, 2.45) is 5.73 Å². The average Bonchev–Trinajstić information content (AvgIpc) is 3.01. The van der Waals surface area contributed by atoms with Gasteiger partial charge in [0.05, 0.1) is 5.69 Å². The molecule has 0 amide bonds. The Hall–Kier alpha value is -2.40. The summed E-state index contributed by atoms with van der Waals surface area (Å²) in [5.74, 6) is 0.690. The van der Waals surface area contributed by atoms with Gasteiger partial charge in [0.25, 0.3) is 0 Å². The topological polar surface area (TPSA) is 79.6 Å². The SMILES string of the molecule is Cc1cnc(N[C@@H]2CCC[C@](C)(N)C2)nc1-c1c[nH]c2c(C)cccc12. The minimum absolute atomic E-state index is 0.0994. The first kappa shape index (κ1) is 17.0. The van der Waals surface area contributed by atoms with Crippen LogP contribution in [0.5, 0.6) is 0 Å². The van der Waals surface area contributed by atoms with Gasteiger partial charge in [0, 0.05) is 40.4 Å². The first-order valence-electron chi connectivity index (χ1n) is 9.39. The zero-order valence-corrected chi connectivity index (χ0v) is 15.8. The average molecular weight is 349 g/mol. The lowest BCUT2D eigenvalue weighted by atomic mass is 9.81. The Kier molecular flexibility index (Phi) is 4.19. The van der Waals surface area contributed by atoms with Gasteiger partial charge in [-0.25, -0.2) is 9.97 Å². The molecular formula is C21H27N5. The minimum atomic E-state index is -0.0994. The third-order valence-electron chi connectivity index (χ3n) is 5.50. The molecule has 0 unspecified atom stereocenters. The maximum absolute atomic E-state index is 6.34. The molecule has 0 aliphatic heterocycles. The Morgan fingerprint density at radius 2 is 2.12 bits per heavy atom. The fourth-order valence-electron chi connectivity index (χ4n) is 4.11. The lowest BCUT2D eigenvalue weighted by Gasteiger charge is -2.35. The van der Waals surface area contributed by atoms with Gasteiger partial charge in [-0.05, 0) is 57.6 Å². The van der Waals surface area contributed by atoms with E-state index in [0.717, 1.165) is 42.5 Å². The number of aromatic amines is 1. The van der Waals surface area contributed by atoms with E-state index in [1.165, 1.54) is 16.5 Å². The first-order chi connectivity index (χ1) is 12.4. The highest BCUT2D eigenvalue weighted by Crippen LogP contribution is 2.32. The number of nitrogens with two attached hydrogens (primary N) is 1. The van der Waals surface area contributed by atoms with Crippen LogP contribution in [0.4, 0.5) is 5.95 Å². The third kappa shape index (κ3) is 3.19. The second-order valence-corrected chi connectivity index (χ2v) is 8.02. The van der Waals surface area contributed by atoms with Crippen molar-refractivity contribution in [3.05, 3.63) is 41.7 Å². The molecule has 1 saturated carbocycles. The van der Waals surface area contributed by atoms with Crippen LogP contribution < -0.4 is 11.1 Å². The zero-order chi connectivity index (χ0) is 18.3. The molecule has 1 aliphatic rings. The second kappa shape index (κ2) is 6.40. The van der Waals surface area contributed by atoms with Crippen LogP contribution in [-0.2, 0) is 0 Å². The number of H-pyrrole nitrogens is 1. The molecule has 2 atom stereocenters. The molecule has 0 spiro atoms. The van der Waals surface area contributed by atoms with Crippen LogP contribution >= 0.6 is 0 Å². The number of fused-ring (bicyclic) bond motifs is 1. The Morgan fingerprint density at radius 3 is 2.92 bits per heavy atom. The van der Waals surface area contributed by atoms with Crippen LogP contribution in [0, 0.1) is 13.8 Å². The highest BCUT2D eigenvalue weighted by Gasteiger charge is 2.28. The number of nitrogens with one attached hydrogen (secondary N) is 2. The fraction of sp³-hybridized carbons (Fsp3) is 0.429. The van der Waals surface area contributed by atoms with E-state index < -0.39 is 0 Å². The number of rotatable bonds is 3. The lowest BCUT2D eigenvalue weighted by Crippen LogP contribution is -2.45. The first-order valence-corrected chi connectivity index (χ1v) is 9.39. The van der Waals surface area contributed by atoms with Gasteiger partial charge in [-0.3, -0.25) is 0 Å². The van der Waals surface area contributed by atoms with E-state index in [4.69, 9.17) is 10.7 Å². The van der Waals surface area contributed by atoms with Crippen molar-refractivity contribution >= 4 is 16.9 Å². The second-order valence-electron chi connectivity index (χ2n) is 8.02. The molecule has 1 aliphatic carbocycles. The number of aromatic nitrogens is 3. The Morgan fingerprint density at radius 1 is 1.27 bits per heavy atom. The molecule has 4 rings (SSSR count). The zero-order valence-electron chi connectivity index (χ0n) is 15.8. The van der Waals surface area contributed by atoms with Crippen molar-refractivity contribution in [2.75, 3.05) is 5.32 Å². The number of hydrogen-bond donors (Lipinski definition) is 3. The van der Waals surface area contributed by atoms with Gasteiger partial charge in [-0.15, -0.1) is 0 Å². The lowest BCUT2D eigenvalue weighted by molar-refractivity contribution is 0.302. The van der Waals surface area contributed by atoms with Gasteiger partial charge in [-0.2, -0.15) is 0 Å². The molecule has 2 aromatic heterocycles. The number of anilines is 1. The highest BCUT2D eigenvalue weighted by molar-refractivity contribution is 5.96. The Bertz CT molecular complexity index is 941. The van der Waals surface area contributed by atoms with Crippen molar-refractivity contribution in [3.8, 4) is 11.3 Å². The van der Waals surface area contributed by atoms with Gasteiger partial charge >= 0.3 is 0 Å². The van der Waals surface area contributed by atoms with E-state index in [0.29, 0.717) is 12.0 Å². The molecule has 5 heteroatoms. The predicted octanol–water partition coefficient (Wildman–Crippen LogP) is 4.31. The molecular weight excluding hydrogens is 322 g/mol. The molecule has 1 fully saturated rings. The van der Waals surface area contributed by atoms with Crippen molar-refractivity contribution in [1.29, 1.82) is 0 Å². The maximum Gasteiger partial charge on any atom is 0.223 e. The normalized spacial score (nSPS) is 23.3. The largest absolute Gasteiger partial charge is 0.360 e. The van der Waals surface area contributed by atoms with E-state index >= 15 is 0 Å². The van der Waals surface area contributed by atoms with E-state index in [1.807, 2.05) is 12.4 Å². The summed E-state index contributed by atoms with van der Waals surface area (Å²) >= 11 is 0. The van der Waals surface area contributed by atoms with Crippen molar-refractivity contribution < 1.29 is 0 Å². The van der Waals surface area contributed by atoms with Crippen LogP contribution in [0.2, 0.25) is 0 Å². The minimum Gasteiger partial charge on any atom is -0.360 e. The molecule has 5 nitrogen and oxygen atoms in total. The van der Waals surface area contributed by atoms with Crippen LogP contribution in [-0.4, -0.2) is 26.5 Å². The summed E-state index contributed by atoms with van der Waals surface area (Å²) in [6.07, 6.45) is 8.25. The van der Waals surface area contributed by atoms with Gasteiger partial charge in [0.1, 0.15) is 0 Å². The van der Waals surface area contributed by atoms with E-state index in [2.05, 4.69) is 54.3 Å². The predicted molar refractivity (Wildman–Crippen MR) is 107 cm³/mol.